The molecule has 0 atom stereocenters. The van der Waals surface area contributed by atoms with Gasteiger partial charge in [-0.3, -0.25) is 13.9 Å². The zero-order valence-corrected chi connectivity index (χ0v) is 19.1. The molecule has 0 aliphatic carbocycles. The number of H-pyrrole nitrogens is 2. The molecular formula is C18H20N6O6S2. The Morgan fingerprint density at radius 3 is 2.31 bits per heavy atom. The van der Waals surface area contributed by atoms with E-state index in [4.69, 9.17) is 0 Å². The molecule has 4 heterocycles. The number of nitrogens with one attached hydrogen (secondary N) is 3. The van der Waals surface area contributed by atoms with E-state index >= 15 is 0 Å². The average molecular weight is 481 g/mol. The minimum Gasteiger partial charge on any atom is -0.350 e. The first-order valence-corrected chi connectivity index (χ1v) is 12.1. The van der Waals surface area contributed by atoms with E-state index in [0.29, 0.717) is 10.9 Å². The van der Waals surface area contributed by atoms with Crippen molar-refractivity contribution in [3.63, 3.8) is 0 Å². The first kappa shape index (κ1) is 21.9. The van der Waals surface area contributed by atoms with Crippen LogP contribution in [0, 0.1) is 0 Å². The van der Waals surface area contributed by atoms with Gasteiger partial charge in [-0.05, 0) is 25.2 Å². The second kappa shape index (κ2) is 7.08. The highest BCUT2D eigenvalue weighted by Gasteiger charge is 2.27. The first-order valence-electron chi connectivity index (χ1n) is 9.22. The number of anilines is 1. The lowest BCUT2D eigenvalue weighted by Gasteiger charge is -2.20. The quantitative estimate of drug-likeness (QED) is 0.358. The van der Waals surface area contributed by atoms with E-state index in [1.807, 2.05) is 0 Å². The number of aryl methyl sites for hydroxylation is 2. The molecule has 14 heteroatoms. The molecule has 170 valence electrons. The number of fused-ring (bicyclic) bond motifs is 2. The molecule has 0 aliphatic rings. The van der Waals surface area contributed by atoms with Crippen LogP contribution in [0.25, 0.3) is 21.9 Å². The maximum absolute atomic E-state index is 13.3. The second-order valence-corrected chi connectivity index (χ2v) is 11.0. The summed E-state index contributed by atoms with van der Waals surface area (Å²) in [6.07, 6.45) is 1.65. The molecule has 0 bridgehead atoms. The lowest BCUT2D eigenvalue weighted by molar-refractivity contribution is 0.583. The molecule has 0 amide bonds. The molecule has 0 unspecified atom stereocenters. The molecular weight excluding hydrogens is 460 g/mol. The highest BCUT2D eigenvalue weighted by Crippen LogP contribution is 2.27. The van der Waals surface area contributed by atoms with Gasteiger partial charge in [-0.2, -0.15) is 8.42 Å². The van der Waals surface area contributed by atoms with Gasteiger partial charge < -0.3 is 19.1 Å². The number of rotatable bonds is 5. The number of sulfonamides is 2. The summed E-state index contributed by atoms with van der Waals surface area (Å²) in [5, 5.41) is -0.225. The highest BCUT2D eigenvalue weighted by atomic mass is 32.2. The molecule has 4 aromatic heterocycles. The summed E-state index contributed by atoms with van der Waals surface area (Å²) in [5.41, 5.74) is -0.590. The van der Waals surface area contributed by atoms with E-state index < -0.39 is 31.0 Å². The fourth-order valence-corrected chi connectivity index (χ4v) is 5.41. The van der Waals surface area contributed by atoms with Gasteiger partial charge in [-0.15, -0.1) is 0 Å². The van der Waals surface area contributed by atoms with Gasteiger partial charge >= 0.3 is 0 Å². The zero-order chi connectivity index (χ0) is 23.6. The van der Waals surface area contributed by atoms with Crippen molar-refractivity contribution < 1.29 is 16.8 Å². The summed E-state index contributed by atoms with van der Waals surface area (Å²) in [7, 11) is -2.51. The Bertz CT molecular complexity index is 1720. The van der Waals surface area contributed by atoms with E-state index in [9.17, 15) is 26.4 Å². The van der Waals surface area contributed by atoms with E-state index in [-0.39, 0.29) is 26.9 Å². The Morgan fingerprint density at radius 2 is 1.66 bits per heavy atom. The molecule has 4 rings (SSSR count). The fraction of sp³-hybridized carbons (Fsp3) is 0.222. The van der Waals surface area contributed by atoms with Gasteiger partial charge in [0.1, 0.15) is 11.5 Å². The normalized spacial score (nSPS) is 12.6. The molecule has 0 fully saturated rings. The molecule has 0 saturated carbocycles. The van der Waals surface area contributed by atoms with E-state index in [1.165, 1.54) is 37.8 Å². The van der Waals surface area contributed by atoms with Crippen molar-refractivity contribution in [2.75, 3.05) is 18.4 Å². The summed E-state index contributed by atoms with van der Waals surface area (Å²) in [5.74, 6) is 0.0835. The lowest BCUT2D eigenvalue weighted by atomic mass is 10.3. The molecule has 4 aromatic rings. The summed E-state index contributed by atoms with van der Waals surface area (Å²) in [4.78, 5) is 29.9. The molecule has 12 nitrogen and oxygen atoms in total. The Kier molecular flexibility index (Phi) is 4.84. The zero-order valence-electron chi connectivity index (χ0n) is 17.5. The Balaban J connectivity index is 1.90. The summed E-state index contributed by atoms with van der Waals surface area (Å²) in [6.45, 7) is 0. The van der Waals surface area contributed by atoms with Gasteiger partial charge in [0.2, 0.25) is 0 Å². The Hall–Kier alpha value is -3.36. The number of hydrogen-bond donors (Lipinski definition) is 3. The number of pyridine rings is 2. The van der Waals surface area contributed by atoms with Crippen LogP contribution in [-0.4, -0.2) is 50.0 Å². The highest BCUT2D eigenvalue weighted by molar-refractivity contribution is 7.92. The SMILES string of the molecule is CNS(=O)(=O)c1cc(=O)c2cc(N(C)S(=O)(=O)c3cc4c(ccn4C)c(=O)[nH]3)n(C)c2[nH]1. The van der Waals surface area contributed by atoms with Gasteiger partial charge in [0.25, 0.3) is 25.6 Å². The van der Waals surface area contributed by atoms with Crippen molar-refractivity contribution >= 4 is 47.8 Å². The molecule has 0 radical (unpaired) electrons. The topological polar surface area (TPSA) is 159 Å². The average Bonchev–Trinajstić information content (AvgIpc) is 3.28. The van der Waals surface area contributed by atoms with Crippen LogP contribution in [0.3, 0.4) is 0 Å². The number of aromatic nitrogens is 4. The van der Waals surface area contributed by atoms with Crippen molar-refractivity contribution in [3.8, 4) is 0 Å². The van der Waals surface area contributed by atoms with Gasteiger partial charge in [-0.25, -0.2) is 13.1 Å². The van der Waals surface area contributed by atoms with Crippen LogP contribution in [0.4, 0.5) is 5.82 Å². The van der Waals surface area contributed by atoms with Crippen LogP contribution in [0.15, 0.2) is 50.1 Å². The standard InChI is InChI=1S/C18H20N6O6S2/c1-19-31(27,28)14-9-13(25)11-7-16(23(3)17(11)20-14)24(4)32(29,30)15-8-12-10(18(26)21-15)5-6-22(12)2/h5-9,19H,1-4H3,(H,20,25)(H,21,26). The molecule has 0 spiro atoms. The van der Waals surface area contributed by atoms with Crippen LogP contribution in [0.2, 0.25) is 0 Å². The molecule has 32 heavy (non-hydrogen) atoms. The van der Waals surface area contributed by atoms with Gasteiger partial charge in [-0.1, -0.05) is 0 Å². The van der Waals surface area contributed by atoms with Crippen LogP contribution in [-0.2, 0) is 34.1 Å². The first-order chi connectivity index (χ1) is 14.9. The van der Waals surface area contributed by atoms with E-state index in [0.717, 1.165) is 10.4 Å². The van der Waals surface area contributed by atoms with E-state index in [1.54, 1.807) is 23.9 Å². The van der Waals surface area contributed by atoms with E-state index in [2.05, 4.69) is 14.7 Å². The molecule has 3 N–H and O–H groups in total. The predicted octanol–water partition coefficient (Wildman–Crippen LogP) is -0.220. The largest absolute Gasteiger partial charge is 0.350 e. The van der Waals surface area contributed by atoms with Crippen LogP contribution < -0.4 is 20.0 Å². The third kappa shape index (κ3) is 3.14. The minimum absolute atomic E-state index is 0.0835. The molecule has 0 aliphatic heterocycles. The van der Waals surface area contributed by atoms with Crippen molar-refractivity contribution in [1.82, 2.24) is 23.8 Å². The van der Waals surface area contributed by atoms with Gasteiger partial charge in [0.15, 0.2) is 15.5 Å². The van der Waals surface area contributed by atoms with Crippen molar-refractivity contribution in [1.29, 1.82) is 0 Å². The summed E-state index contributed by atoms with van der Waals surface area (Å²) < 4.78 is 56.8. The maximum Gasteiger partial charge on any atom is 0.280 e. The Morgan fingerprint density at radius 1 is 0.969 bits per heavy atom. The summed E-state index contributed by atoms with van der Waals surface area (Å²) >= 11 is 0. The van der Waals surface area contributed by atoms with Gasteiger partial charge in [0.05, 0.1) is 16.3 Å². The second-order valence-electron chi connectivity index (χ2n) is 7.19. The number of hydrogen-bond acceptors (Lipinski definition) is 6. The van der Waals surface area contributed by atoms with Gasteiger partial charge in [0, 0.05) is 33.4 Å². The van der Waals surface area contributed by atoms with Crippen LogP contribution in [0.5, 0.6) is 0 Å². The monoisotopic (exact) mass is 480 g/mol. The van der Waals surface area contributed by atoms with Crippen molar-refractivity contribution in [3.05, 3.63) is 51.0 Å². The fourth-order valence-electron chi connectivity index (χ4n) is 3.50. The minimum atomic E-state index is -4.23. The third-order valence-electron chi connectivity index (χ3n) is 5.37. The number of aromatic amines is 2. The maximum atomic E-state index is 13.3. The lowest BCUT2D eigenvalue weighted by Crippen LogP contribution is -2.30. The summed E-state index contributed by atoms with van der Waals surface area (Å²) in [6, 6.07) is 5.20. The van der Waals surface area contributed by atoms with Crippen LogP contribution >= 0.6 is 0 Å². The van der Waals surface area contributed by atoms with Crippen molar-refractivity contribution in [2.24, 2.45) is 14.1 Å². The third-order valence-corrected chi connectivity index (χ3v) is 8.39. The van der Waals surface area contributed by atoms with Crippen molar-refractivity contribution in [2.45, 2.75) is 10.1 Å². The van der Waals surface area contributed by atoms with Crippen LogP contribution in [0.1, 0.15) is 0 Å². The molecule has 0 aromatic carbocycles. The predicted molar refractivity (Wildman–Crippen MR) is 119 cm³/mol. The molecule has 0 saturated heterocycles. The smallest absolute Gasteiger partial charge is 0.280 e. The Labute approximate surface area is 182 Å². The number of nitrogens with zero attached hydrogens (tertiary/aromatic N) is 3.